The zero-order chi connectivity index (χ0) is 19.7. The Bertz CT molecular complexity index is 837. The summed E-state index contributed by atoms with van der Waals surface area (Å²) in [5.41, 5.74) is 1.50. The van der Waals surface area contributed by atoms with Crippen molar-refractivity contribution in [1.82, 2.24) is 9.80 Å². The van der Waals surface area contributed by atoms with Crippen LogP contribution in [0, 0.1) is 0 Å². The number of hydrogen-bond donors (Lipinski definition) is 1. The number of benzene rings is 2. The van der Waals surface area contributed by atoms with Gasteiger partial charge in [0.15, 0.2) is 11.5 Å². The van der Waals surface area contributed by atoms with Crippen LogP contribution in [0.3, 0.4) is 0 Å². The number of rotatable bonds is 4. The van der Waals surface area contributed by atoms with Gasteiger partial charge >= 0.3 is 0 Å². The third kappa shape index (κ3) is 3.75. The van der Waals surface area contributed by atoms with Crippen molar-refractivity contribution in [2.75, 3.05) is 39.4 Å². The molecule has 3 aliphatic heterocycles. The Kier molecular flexibility index (Phi) is 5.20. The van der Waals surface area contributed by atoms with Crippen molar-refractivity contribution in [1.29, 1.82) is 0 Å². The van der Waals surface area contributed by atoms with Crippen LogP contribution in [-0.2, 0) is 12.1 Å². The number of likely N-dealkylation sites (tertiary alicyclic amines) is 2. The van der Waals surface area contributed by atoms with Crippen LogP contribution in [0.2, 0.25) is 0 Å². The van der Waals surface area contributed by atoms with E-state index >= 15 is 0 Å². The van der Waals surface area contributed by atoms with Gasteiger partial charge in [0.25, 0.3) is 0 Å². The molecule has 3 heterocycles. The van der Waals surface area contributed by atoms with E-state index in [-0.39, 0.29) is 6.04 Å². The average Bonchev–Trinajstić information content (AvgIpc) is 3.30. The quantitative estimate of drug-likeness (QED) is 0.864. The van der Waals surface area contributed by atoms with Crippen LogP contribution >= 0.6 is 0 Å². The van der Waals surface area contributed by atoms with Crippen LogP contribution in [0.25, 0.3) is 0 Å². The van der Waals surface area contributed by atoms with Crippen molar-refractivity contribution >= 4 is 0 Å². The van der Waals surface area contributed by atoms with E-state index in [2.05, 4.69) is 34.1 Å². The molecule has 154 valence electrons. The summed E-state index contributed by atoms with van der Waals surface area (Å²) in [6.07, 6.45) is 3.20. The number of fused-ring (bicyclic) bond motifs is 1. The molecule has 0 unspecified atom stereocenters. The largest absolute Gasteiger partial charge is 0.486 e. The fourth-order valence-electron chi connectivity index (χ4n) is 5.10. The molecule has 0 amide bonds. The standard InChI is InChI=1S/C24H30N2O3/c27-24(20-6-2-1-3-7-20)10-13-25(18-23(24)26-11-4-5-12-26)17-19-8-9-21-22(16-19)29-15-14-28-21/h1-3,6-9,16,23,27H,4-5,10-15,17-18H2/t23-,24+/m1/s1. The summed E-state index contributed by atoms with van der Waals surface area (Å²) < 4.78 is 11.4. The maximum atomic E-state index is 11.8. The van der Waals surface area contributed by atoms with Crippen LogP contribution in [0.15, 0.2) is 48.5 Å². The maximum absolute atomic E-state index is 11.8. The summed E-state index contributed by atoms with van der Waals surface area (Å²) in [5, 5.41) is 11.8. The third-order valence-corrected chi connectivity index (χ3v) is 6.66. The third-order valence-electron chi connectivity index (χ3n) is 6.66. The van der Waals surface area contributed by atoms with Gasteiger partial charge in [0.1, 0.15) is 18.8 Å². The highest BCUT2D eigenvalue weighted by Gasteiger charge is 2.46. The maximum Gasteiger partial charge on any atom is 0.161 e. The van der Waals surface area contributed by atoms with Gasteiger partial charge in [-0.3, -0.25) is 9.80 Å². The van der Waals surface area contributed by atoms with Crippen molar-refractivity contribution in [2.45, 2.75) is 37.5 Å². The first kappa shape index (κ1) is 18.9. The molecular weight excluding hydrogens is 364 g/mol. The van der Waals surface area contributed by atoms with Gasteiger partial charge in [-0.25, -0.2) is 0 Å². The van der Waals surface area contributed by atoms with E-state index in [4.69, 9.17) is 9.47 Å². The molecule has 29 heavy (non-hydrogen) atoms. The molecule has 0 saturated carbocycles. The van der Waals surface area contributed by atoms with Crippen LogP contribution in [0.4, 0.5) is 0 Å². The van der Waals surface area contributed by atoms with E-state index in [0.717, 1.165) is 56.2 Å². The Morgan fingerprint density at radius 2 is 1.69 bits per heavy atom. The first-order chi connectivity index (χ1) is 14.2. The summed E-state index contributed by atoms with van der Waals surface area (Å²) in [6, 6.07) is 16.7. The lowest BCUT2D eigenvalue weighted by Gasteiger charge is -2.48. The minimum Gasteiger partial charge on any atom is -0.486 e. The van der Waals surface area contributed by atoms with E-state index < -0.39 is 5.60 Å². The lowest BCUT2D eigenvalue weighted by molar-refractivity contribution is -0.0959. The van der Waals surface area contributed by atoms with E-state index in [1.165, 1.54) is 18.4 Å². The van der Waals surface area contributed by atoms with E-state index in [1.807, 2.05) is 24.3 Å². The van der Waals surface area contributed by atoms with Crippen LogP contribution in [0.5, 0.6) is 11.5 Å². The summed E-state index contributed by atoms with van der Waals surface area (Å²) >= 11 is 0. The highest BCUT2D eigenvalue weighted by molar-refractivity contribution is 5.43. The zero-order valence-electron chi connectivity index (χ0n) is 16.9. The van der Waals surface area contributed by atoms with Gasteiger partial charge in [0.05, 0.1) is 6.04 Å². The molecular formula is C24H30N2O3. The van der Waals surface area contributed by atoms with Gasteiger partial charge in [-0.15, -0.1) is 0 Å². The predicted molar refractivity (Wildman–Crippen MR) is 112 cm³/mol. The Morgan fingerprint density at radius 3 is 2.48 bits per heavy atom. The lowest BCUT2D eigenvalue weighted by atomic mass is 9.79. The zero-order valence-corrected chi connectivity index (χ0v) is 16.9. The lowest BCUT2D eigenvalue weighted by Crippen LogP contribution is -2.60. The smallest absolute Gasteiger partial charge is 0.161 e. The number of nitrogens with zero attached hydrogens (tertiary/aromatic N) is 2. The number of piperidine rings is 1. The minimum absolute atomic E-state index is 0.123. The van der Waals surface area contributed by atoms with Crippen molar-refractivity contribution in [3.63, 3.8) is 0 Å². The molecule has 0 radical (unpaired) electrons. The fraction of sp³-hybridized carbons (Fsp3) is 0.500. The molecule has 5 nitrogen and oxygen atoms in total. The molecule has 2 aromatic rings. The molecule has 2 fully saturated rings. The monoisotopic (exact) mass is 394 g/mol. The van der Waals surface area contributed by atoms with Crippen molar-refractivity contribution < 1.29 is 14.6 Å². The van der Waals surface area contributed by atoms with E-state index in [9.17, 15) is 5.11 Å². The molecule has 5 heteroatoms. The summed E-state index contributed by atoms with van der Waals surface area (Å²) in [4.78, 5) is 4.98. The second-order valence-corrected chi connectivity index (χ2v) is 8.51. The summed E-state index contributed by atoms with van der Waals surface area (Å²) in [5.74, 6) is 1.69. The molecule has 2 saturated heterocycles. The molecule has 0 bridgehead atoms. The molecule has 0 aromatic heterocycles. The van der Waals surface area contributed by atoms with Crippen LogP contribution < -0.4 is 9.47 Å². The molecule has 1 N–H and O–H groups in total. The Hall–Kier alpha value is -2.08. The normalized spacial score (nSPS) is 27.8. The molecule has 5 rings (SSSR count). The van der Waals surface area contributed by atoms with Crippen LogP contribution in [-0.4, -0.2) is 60.3 Å². The molecule has 0 aliphatic carbocycles. The predicted octanol–water partition coefficient (Wildman–Crippen LogP) is 3.02. The highest BCUT2D eigenvalue weighted by Crippen LogP contribution is 2.38. The van der Waals surface area contributed by atoms with Gasteiger partial charge < -0.3 is 14.6 Å². The van der Waals surface area contributed by atoms with Gasteiger partial charge in [-0.2, -0.15) is 0 Å². The van der Waals surface area contributed by atoms with Crippen molar-refractivity contribution in [3.8, 4) is 11.5 Å². The second kappa shape index (κ2) is 7.98. The first-order valence-corrected chi connectivity index (χ1v) is 10.9. The molecule has 2 aromatic carbocycles. The Morgan fingerprint density at radius 1 is 0.931 bits per heavy atom. The Balaban J connectivity index is 1.36. The summed E-state index contributed by atoms with van der Waals surface area (Å²) in [7, 11) is 0. The highest BCUT2D eigenvalue weighted by atomic mass is 16.6. The number of ether oxygens (including phenoxy) is 2. The SMILES string of the molecule is O[C@]1(c2ccccc2)CCN(Cc2ccc3c(c2)OCCO3)C[C@H]1N1CCCC1. The van der Waals surface area contributed by atoms with E-state index in [1.54, 1.807) is 0 Å². The summed E-state index contributed by atoms with van der Waals surface area (Å²) in [6.45, 7) is 6.01. The van der Waals surface area contributed by atoms with Crippen LogP contribution in [0.1, 0.15) is 30.4 Å². The second-order valence-electron chi connectivity index (χ2n) is 8.51. The first-order valence-electron chi connectivity index (χ1n) is 10.9. The van der Waals surface area contributed by atoms with Gasteiger partial charge in [-0.05, 0) is 55.6 Å². The van der Waals surface area contributed by atoms with Crippen molar-refractivity contribution in [2.24, 2.45) is 0 Å². The number of aliphatic hydroxyl groups is 1. The molecule has 0 spiro atoms. The molecule has 3 aliphatic rings. The Labute approximate surface area is 172 Å². The number of hydrogen-bond acceptors (Lipinski definition) is 5. The van der Waals surface area contributed by atoms with Gasteiger partial charge in [0.2, 0.25) is 0 Å². The molecule has 2 atom stereocenters. The van der Waals surface area contributed by atoms with Gasteiger partial charge in [-0.1, -0.05) is 36.4 Å². The average molecular weight is 395 g/mol. The fourth-order valence-corrected chi connectivity index (χ4v) is 5.10. The van der Waals surface area contributed by atoms with Crippen molar-refractivity contribution in [3.05, 3.63) is 59.7 Å². The van der Waals surface area contributed by atoms with E-state index in [0.29, 0.717) is 13.2 Å². The van der Waals surface area contributed by atoms with Gasteiger partial charge in [0, 0.05) is 19.6 Å². The minimum atomic E-state index is -0.783. The topological polar surface area (TPSA) is 45.2 Å².